The molecule has 0 aliphatic carbocycles. The Kier molecular flexibility index (Phi) is 3.01. The van der Waals surface area contributed by atoms with E-state index in [1.165, 1.54) is 6.33 Å². The van der Waals surface area contributed by atoms with Crippen LogP contribution in [-0.4, -0.2) is 47.0 Å². The van der Waals surface area contributed by atoms with Gasteiger partial charge in [0.15, 0.2) is 0 Å². The van der Waals surface area contributed by atoms with Crippen LogP contribution in [0.4, 0.5) is 0 Å². The number of hydrogen-bond donors (Lipinski definition) is 2. The maximum Gasteiger partial charge on any atom is 0.272 e. The van der Waals surface area contributed by atoms with E-state index in [0.29, 0.717) is 11.7 Å². The Labute approximate surface area is 88.9 Å². The quantitative estimate of drug-likeness (QED) is 0.747. The van der Waals surface area contributed by atoms with Crippen molar-refractivity contribution < 1.29 is 4.79 Å². The number of carbonyl (C=O) groups excluding carboxylic acids is 1. The highest BCUT2D eigenvalue weighted by atomic mass is 16.2. The van der Waals surface area contributed by atoms with Gasteiger partial charge < -0.3 is 15.2 Å². The molecule has 2 heterocycles. The van der Waals surface area contributed by atoms with Crippen molar-refractivity contribution in [2.24, 2.45) is 0 Å². The first-order valence-corrected chi connectivity index (χ1v) is 5.27. The highest BCUT2D eigenvalue weighted by molar-refractivity contribution is 5.92. The number of aromatic nitrogens is 2. The minimum Gasteiger partial charge on any atom is -0.341 e. The number of likely N-dealkylation sites (N-methyl/N-ethyl adjacent to an activating group) is 1. The number of rotatable bonds is 3. The van der Waals surface area contributed by atoms with Crippen molar-refractivity contribution in [3.8, 4) is 0 Å². The summed E-state index contributed by atoms with van der Waals surface area (Å²) in [5.74, 6) is 0.0604. The summed E-state index contributed by atoms with van der Waals surface area (Å²) in [6, 6.07) is 0.325. The molecule has 15 heavy (non-hydrogen) atoms. The van der Waals surface area contributed by atoms with Gasteiger partial charge in [0.2, 0.25) is 0 Å². The minimum atomic E-state index is 0.0604. The maximum absolute atomic E-state index is 12.0. The minimum absolute atomic E-state index is 0.0604. The van der Waals surface area contributed by atoms with Crippen molar-refractivity contribution >= 4 is 5.91 Å². The van der Waals surface area contributed by atoms with Crippen LogP contribution < -0.4 is 5.32 Å². The number of likely N-dealkylation sites (tertiary alicyclic amines) is 1. The molecule has 0 bridgehead atoms. The lowest BCUT2D eigenvalue weighted by Gasteiger charge is -2.23. The standard InChI is InChI=1S/C10H16N4O/c1-11-5-8-3-2-4-14(8)10(15)9-6-12-7-13-9/h6-8,11H,2-5H2,1H3,(H,12,13). The molecule has 5 heteroatoms. The lowest BCUT2D eigenvalue weighted by atomic mass is 10.2. The van der Waals surface area contributed by atoms with Crippen LogP contribution in [0, 0.1) is 0 Å². The summed E-state index contributed by atoms with van der Waals surface area (Å²) >= 11 is 0. The Balaban J connectivity index is 2.06. The van der Waals surface area contributed by atoms with Gasteiger partial charge in [0, 0.05) is 19.1 Å². The summed E-state index contributed by atoms with van der Waals surface area (Å²) in [6.07, 6.45) is 5.29. The van der Waals surface area contributed by atoms with Crippen LogP contribution in [0.1, 0.15) is 23.3 Å². The summed E-state index contributed by atoms with van der Waals surface area (Å²) < 4.78 is 0. The van der Waals surface area contributed by atoms with Gasteiger partial charge in [0.25, 0.3) is 5.91 Å². The third-order valence-corrected chi connectivity index (χ3v) is 2.81. The van der Waals surface area contributed by atoms with Gasteiger partial charge in [0.05, 0.1) is 12.5 Å². The molecule has 1 atom stereocenters. The first-order chi connectivity index (χ1) is 7.33. The first kappa shape index (κ1) is 10.2. The number of imidazole rings is 1. The van der Waals surface area contributed by atoms with Crippen molar-refractivity contribution in [2.75, 3.05) is 20.1 Å². The van der Waals surface area contributed by atoms with E-state index in [0.717, 1.165) is 25.9 Å². The SMILES string of the molecule is CNCC1CCCN1C(=O)c1cnc[nH]1. The molecule has 1 aliphatic rings. The number of nitrogens with one attached hydrogen (secondary N) is 2. The van der Waals surface area contributed by atoms with Gasteiger partial charge >= 0.3 is 0 Å². The molecule has 1 aromatic heterocycles. The van der Waals surface area contributed by atoms with Crippen molar-refractivity contribution in [1.29, 1.82) is 0 Å². The fourth-order valence-electron chi connectivity index (χ4n) is 2.08. The molecule has 0 spiro atoms. The lowest BCUT2D eigenvalue weighted by molar-refractivity contribution is 0.0731. The monoisotopic (exact) mass is 208 g/mol. The summed E-state index contributed by atoms with van der Waals surface area (Å²) in [5, 5.41) is 3.12. The summed E-state index contributed by atoms with van der Waals surface area (Å²) in [4.78, 5) is 20.7. The Hall–Kier alpha value is -1.36. The average molecular weight is 208 g/mol. The summed E-state index contributed by atoms with van der Waals surface area (Å²) in [5.41, 5.74) is 0.581. The Morgan fingerprint density at radius 3 is 3.33 bits per heavy atom. The molecule has 5 nitrogen and oxygen atoms in total. The summed E-state index contributed by atoms with van der Waals surface area (Å²) in [7, 11) is 1.91. The largest absolute Gasteiger partial charge is 0.341 e. The van der Waals surface area contributed by atoms with Crippen LogP contribution in [0.5, 0.6) is 0 Å². The zero-order valence-corrected chi connectivity index (χ0v) is 8.86. The zero-order valence-electron chi connectivity index (χ0n) is 8.86. The number of carbonyl (C=O) groups is 1. The second-order valence-corrected chi connectivity index (χ2v) is 3.82. The van der Waals surface area contributed by atoms with Gasteiger partial charge in [-0.1, -0.05) is 0 Å². The number of amides is 1. The third-order valence-electron chi connectivity index (χ3n) is 2.81. The van der Waals surface area contributed by atoms with E-state index in [4.69, 9.17) is 0 Å². The van der Waals surface area contributed by atoms with E-state index in [2.05, 4.69) is 15.3 Å². The van der Waals surface area contributed by atoms with Crippen molar-refractivity contribution in [3.63, 3.8) is 0 Å². The molecule has 1 aliphatic heterocycles. The van der Waals surface area contributed by atoms with E-state index in [1.54, 1.807) is 6.20 Å². The highest BCUT2D eigenvalue weighted by Gasteiger charge is 2.29. The maximum atomic E-state index is 12.0. The molecule has 1 fully saturated rings. The van der Waals surface area contributed by atoms with Crippen molar-refractivity contribution in [2.45, 2.75) is 18.9 Å². The number of hydrogen-bond acceptors (Lipinski definition) is 3. The van der Waals surface area contributed by atoms with Crippen LogP contribution in [0.2, 0.25) is 0 Å². The molecule has 0 saturated carbocycles. The average Bonchev–Trinajstić information content (AvgIpc) is 2.87. The van der Waals surface area contributed by atoms with Crippen molar-refractivity contribution in [1.82, 2.24) is 20.2 Å². The van der Waals surface area contributed by atoms with E-state index in [1.807, 2.05) is 11.9 Å². The second kappa shape index (κ2) is 4.44. The van der Waals surface area contributed by atoms with Gasteiger partial charge in [-0.2, -0.15) is 0 Å². The fraction of sp³-hybridized carbons (Fsp3) is 0.600. The van der Waals surface area contributed by atoms with E-state index in [9.17, 15) is 4.79 Å². The molecule has 0 radical (unpaired) electrons. The third kappa shape index (κ3) is 2.02. The molecule has 1 unspecified atom stereocenters. The second-order valence-electron chi connectivity index (χ2n) is 3.82. The van der Waals surface area contributed by atoms with Gasteiger partial charge in [-0.25, -0.2) is 4.98 Å². The van der Waals surface area contributed by atoms with Crippen molar-refractivity contribution in [3.05, 3.63) is 18.2 Å². The molecule has 0 aromatic carbocycles. The van der Waals surface area contributed by atoms with Crippen LogP contribution >= 0.6 is 0 Å². The smallest absolute Gasteiger partial charge is 0.272 e. The fourth-order valence-corrected chi connectivity index (χ4v) is 2.08. The predicted molar refractivity (Wildman–Crippen MR) is 56.6 cm³/mol. The molecular weight excluding hydrogens is 192 g/mol. The molecule has 1 amide bonds. The van der Waals surface area contributed by atoms with Crippen LogP contribution in [0.3, 0.4) is 0 Å². The molecular formula is C10H16N4O. The zero-order chi connectivity index (χ0) is 10.7. The molecule has 1 saturated heterocycles. The number of H-pyrrole nitrogens is 1. The first-order valence-electron chi connectivity index (χ1n) is 5.27. The van der Waals surface area contributed by atoms with Gasteiger partial charge in [-0.15, -0.1) is 0 Å². The molecule has 1 aromatic rings. The summed E-state index contributed by atoms with van der Waals surface area (Å²) in [6.45, 7) is 1.71. The molecule has 2 rings (SSSR count). The normalized spacial score (nSPS) is 20.9. The van der Waals surface area contributed by atoms with Gasteiger partial charge in [-0.3, -0.25) is 4.79 Å². The number of nitrogens with zero attached hydrogens (tertiary/aromatic N) is 2. The lowest BCUT2D eigenvalue weighted by Crippen LogP contribution is -2.40. The van der Waals surface area contributed by atoms with E-state index in [-0.39, 0.29) is 5.91 Å². The Bertz CT molecular complexity index is 322. The van der Waals surface area contributed by atoms with Crippen LogP contribution in [0.15, 0.2) is 12.5 Å². The van der Waals surface area contributed by atoms with Crippen LogP contribution in [0.25, 0.3) is 0 Å². The number of aromatic amines is 1. The molecule has 82 valence electrons. The highest BCUT2D eigenvalue weighted by Crippen LogP contribution is 2.18. The topological polar surface area (TPSA) is 61.0 Å². The predicted octanol–water partition coefficient (Wildman–Crippen LogP) is 0.234. The van der Waals surface area contributed by atoms with E-state index >= 15 is 0 Å². The van der Waals surface area contributed by atoms with Gasteiger partial charge in [0.1, 0.15) is 5.69 Å². The Morgan fingerprint density at radius 2 is 2.67 bits per heavy atom. The van der Waals surface area contributed by atoms with Crippen LogP contribution in [-0.2, 0) is 0 Å². The van der Waals surface area contributed by atoms with Gasteiger partial charge in [-0.05, 0) is 19.9 Å². The molecule has 2 N–H and O–H groups in total. The van der Waals surface area contributed by atoms with E-state index < -0.39 is 0 Å². The Morgan fingerprint density at radius 1 is 1.80 bits per heavy atom.